The van der Waals surface area contributed by atoms with Crippen LogP contribution in [-0.2, 0) is 16.0 Å². The third-order valence-corrected chi connectivity index (χ3v) is 2.86. The minimum Gasteiger partial charge on any atom is -0.448 e. The molecule has 110 valence electrons. The summed E-state index contributed by atoms with van der Waals surface area (Å²) in [6, 6.07) is 10.0. The lowest BCUT2D eigenvalue weighted by atomic mass is 10.1. The molecule has 1 atom stereocenters. The minimum atomic E-state index is -0.635. The van der Waals surface area contributed by atoms with Crippen LogP contribution in [0.25, 0.3) is 0 Å². The van der Waals surface area contributed by atoms with Gasteiger partial charge in [0.2, 0.25) is 5.91 Å². The number of nitrogens with two attached hydrogens (primary N) is 1. The number of carbonyl (C=O) groups is 2. The van der Waals surface area contributed by atoms with E-state index in [4.69, 9.17) is 10.5 Å². The van der Waals surface area contributed by atoms with Crippen molar-refractivity contribution in [2.45, 2.75) is 12.5 Å². The van der Waals surface area contributed by atoms with Gasteiger partial charge in [0, 0.05) is 6.04 Å². The first kappa shape index (κ1) is 16.0. The number of carbonyl (C=O) groups excluding carboxylic acids is 2. The van der Waals surface area contributed by atoms with E-state index in [1.165, 1.54) is 5.56 Å². The van der Waals surface area contributed by atoms with Crippen LogP contribution >= 0.6 is 0 Å². The summed E-state index contributed by atoms with van der Waals surface area (Å²) in [4.78, 5) is 23.9. The van der Waals surface area contributed by atoms with E-state index in [1.54, 1.807) is 0 Å². The molecule has 3 N–H and O–H groups in total. The maximum Gasteiger partial charge on any atom is 0.407 e. The Kier molecular flexibility index (Phi) is 6.52. The van der Waals surface area contributed by atoms with Crippen molar-refractivity contribution in [1.29, 1.82) is 0 Å². The van der Waals surface area contributed by atoms with Crippen molar-refractivity contribution in [1.82, 2.24) is 10.2 Å². The molecule has 0 aromatic heterocycles. The number of nitrogens with one attached hydrogen (secondary N) is 1. The van der Waals surface area contributed by atoms with E-state index in [0.29, 0.717) is 0 Å². The maximum absolute atomic E-state index is 11.4. The van der Waals surface area contributed by atoms with E-state index < -0.39 is 12.0 Å². The fourth-order valence-corrected chi connectivity index (χ4v) is 1.66. The zero-order chi connectivity index (χ0) is 15.0. The van der Waals surface area contributed by atoms with Crippen molar-refractivity contribution >= 4 is 12.0 Å². The normalized spacial score (nSPS) is 11.9. The van der Waals surface area contributed by atoms with E-state index >= 15 is 0 Å². The van der Waals surface area contributed by atoms with Gasteiger partial charge in [-0.15, -0.1) is 0 Å². The smallest absolute Gasteiger partial charge is 0.407 e. The molecule has 0 aliphatic heterocycles. The molecule has 0 aliphatic rings. The molecule has 1 aromatic carbocycles. The van der Waals surface area contributed by atoms with Gasteiger partial charge in [-0.1, -0.05) is 30.3 Å². The molecule has 0 spiro atoms. The number of benzene rings is 1. The monoisotopic (exact) mass is 279 g/mol. The van der Waals surface area contributed by atoms with Crippen LogP contribution in [-0.4, -0.2) is 50.2 Å². The number of ether oxygens (including phenoxy) is 1. The Balaban J connectivity index is 2.43. The largest absolute Gasteiger partial charge is 0.448 e. The predicted octanol–water partition coefficient (Wildman–Crippen LogP) is 0.371. The highest BCUT2D eigenvalue weighted by Gasteiger charge is 2.15. The molecule has 0 saturated carbocycles. The third kappa shape index (κ3) is 6.19. The average molecular weight is 279 g/mol. The second kappa shape index (κ2) is 8.16. The van der Waals surface area contributed by atoms with Crippen LogP contribution in [0.3, 0.4) is 0 Å². The van der Waals surface area contributed by atoms with E-state index in [1.807, 2.05) is 49.3 Å². The highest BCUT2D eigenvalue weighted by molar-refractivity contribution is 5.80. The van der Waals surface area contributed by atoms with Gasteiger partial charge in [-0.05, 0) is 26.1 Å². The van der Waals surface area contributed by atoms with Crippen molar-refractivity contribution < 1.29 is 14.3 Å². The van der Waals surface area contributed by atoms with E-state index in [2.05, 4.69) is 5.32 Å². The first-order valence-electron chi connectivity index (χ1n) is 6.38. The Morgan fingerprint density at radius 3 is 2.50 bits per heavy atom. The van der Waals surface area contributed by atoms with Crippen LogP contribution in [0, 0.1) is 0 Å². The molecule has 2 amide bonds. The molecular formula is C14H21N3O3. The van der Waals surface area contributed by atoms with Crippen molar-refractivity contribution in [2.24, 2.45) is 5.73 Å². The van der Waals surface area contributed by atoms with Gasteiger partial charge in [0.15, 0.2) is 0 Å². The molecule has 0 saturated heterocycles. The lowest BCUT2D eigenvalue weighted by Gasteiger charge is -2.24. The maximum atomic E-state index is 11.4. The number of rotatable bonds is 7. The molecule has 0 aliphatic carbocycles. The topological polar surface area (TPSA) is 84.7 Å². The molecule has 20 heavy (non-hydrogen) atoms. The Morgan fingerprint density at radius 1 is 1.30 bits per heavy atom. The van der Waals surface area contributed by atoms with Gasteiger partial charge >= 0.3 is 6.09 Å². The highest BCUT2D eigenvalue weighted by atomic mass is 16.5. The van der Waals surface area contributed by atoms with Crippen LogP contribution in [0.2, 0.25) is 0 Å². The number of alkyl carbamates (subject to hydrolysis) is 1. The molecule has 0 unspecified atom stereocenters. The van der Waals surface area contributed by atoms with Gasteiger partial charge in [-0.25, -0.2) is 4.79 Å². The Bertz CT molecular complexity index is 435. The summed E-state index contributed by atoms with van der Waals surface area (Å²) < 4.78 is 5.09. The highest BCUT2D eigenvalue weighted by Crippen LogP contribution is 2.07. The van der Waals surface area contributed by atoms with Crippen molar-refractivity contribution in [3.05, 3.63) is 35.9 Å². The van der Waals surface area contributed by atoms with E-state index in [0.717, 1.165) is 6.42 Å². The van der Waals surface area contributed by atoms with Gasteiger partial charge in [0.1, 0.15) is 6.61 Å². The fourth-order valence-electron chi connectivity index (χ4n) is 1.66. The van der Waals surface area contributed by atoms with Crippen LogP contribution in [0.5, 0.6) is 0 Å². The summed E-state index contributed by atoms with van der Waals surface area (Å²) in [5.41, 5.74) is 6.10. The number of amides is 2. The quantitative estimate of drug-likeness (QED) is 0.755. The molecule has 0 radical (unpaired) electrons. The average Bonchev–Trinajstić information content (AvgIpc) is 2.42. The number of primary amides is 1. The summed E-state index contributed by atoms with van der Waals surface area (Å²) >= 11 is 0. The van der Waals surface area contributed by atoms with Crippen molar-refractivity contribution in [2.75, 3.05) is 27.2 Å². The van der Waals surface area contributed by atoms with Gasteiger partial charge in [0.25, 0.3) is 0 Å². The van der Waals surface area contributed by atoms with Gasteiger partial charge in [0.05, 0.1) is 6.54 Å². The summed E-state index contributed by atoms with van der Waals surface area (Å²) in [7, 11) is 3.86. The lowest BCUT2D eigenvalue weighted by Crippen LogP contribution is -2.39. The molecule has 0 heterocycles. The van der Waals surface area contributed by atoms with Gasteiger partial charge in [-0.3, -0.25) is 4.79 Å². The van der Waals surface area contributed by atoms with Crippen LogP contribution in [0.15, 0.2) is 30.3 Å². The van der Waals surface area contributed by atoms with Crippen molar-refractivity contribution in [3.8, 4) is 0 Å². The molecule has 6 nitrogen and oxygen atoms in total. The molecule has 0 fully saturated rings. The van der Waals surface area contributed by atoms with Gasteiger partial charge in [-0.2, -0.15) is 0 Å². The molecule has 0 bridgehead atoms. The van der Waals surface area contributed by atoms with E-state index in [9.17, 15) is 9.59 Å². The zero-order valence-corrected chi connectivity index (χ0v) is 11.8. The third-order valence-electron chi connectivity index (χ3n) is 2.86. The summed E-state index contributed by atoms with van der Waals surface area (Å²) in [5.74, 6) is -0.601. The summed E-state index contributed by atoms with van der Waals surface area (Å²) in [6.45, 7) is 0.0244. The standard InChI is InChI=1S/C14H21N3O3/c1-17(2)12(8-11-6-4-3-5-7-11)10-20-14(19)16-9-13(15)18/h3-7,12H,8-10H2,1-2H3,(H2,15,18)(H,16,19)/t12-/m1/s1. The second-order valence-electron chi connectivity index (χ2n) is 4.73. The number of nitrogens with zero attached hydrogens (tertiary/aromatic N) is 1. The predicted molar refractivity (Wildman–Crippen MR) is 76.2 cm³/mol. The zero-order valence-electron chi connectivity index (χ0n) is 11.8. The Labute approximate surface area is 118 Å². The molecule has 1 rings (SSSR count). The van der Waals surface area contributed by atoms with Crippen LogP contribution < -0.4 is 11.1 Å². The van der Waals surface area contributed by atoms with Crippen molar-refractivity contribution in [3.63, 3.8) is 0 Å². The molecular weight excluding hydrogens is 258 g/mol. The summed E-state index contributed by atoms with van der Waals surface area (Å²) in [5, 5.41) is 2.29. The number of hydrogen-bond donors (Lipinski definition) is 2. The second-order valence-corrected chi connectivity index (χ2v) is 4.73. The van der Waals surface area contributed by atoms with Gasteiger partial charge < -0.3 is 20.7 Å². The van der Waals surface area contributed by atoms with Crippen LogP contribution in [0.4, 0.5) is 4.79 Å². The first-order valence-corrected chi connectivity index (χ1v) is 6.38. The first-order chi connectivity index (χ1) is 9.49. The Hall–Kier alpha value is -2.08. The lowest BCUT2D eigenvalue weighted by molar-refractivity contribution is -0.117. The number of hydrogen-bond acceptors (Lipinski definition) is 4. The summed E-state index contributed by atoms with van der Waals surface area (Å²) in [6.07, 6.45) is 0.139. The Morgan fingerprint density at radius 2 is 1.95 bits per heavy atom. The molecule has 1 aromatic rings. The van der Waals surface area contributed by atoms with Crippen LogP contribution in [0.1, 0.15) is 5.56 Å². The fraction of sp³-hybridized carbons (Fsp3) is 0.429. The molecule has 6 heteroatoms. The van der Waals surface area contributed by atoms with E-state index in [-0.39, 0.29) is 19.2 Å². The number of likely N-dealkylation sites (N-methyl/N-ethyl adjacent to an activating group) is 1. The minimum absolute atomic E-state index is 0.0664. The SMILES string of the molecule is CN(C)[C@@H](COC(=O)NCC(N)=O)Cc1ccccc1.